The fourth-order valence-corrected chi connectivity index (χ4v) is 3.13. The summed E-state index contributed by atoms with van der Waals surface area (Å²) in [5.41, 5.74) is -0.319. The molecule has 1 aliphatic heterocycles. The molecule has 4 nitrogen and oxygen atoms in total. The average molecular weight is 401 g/mol. The summed E-state index contributed by atoms with van der Waals surface area (Å²) < 4.78 is 56.4. The molecule has 0 radical (unpaired) electrons. The number of piperazine rings is 1. The van der Waals surface area contributed by atoms with E-state index in [0.717, 1.165) is 0 Å². The number of aliphatic hydroxyl groups excluding tert-OH is 1. The van der Waals surface area contributed by atoms with Crippen molar-refractivity contribution < 1.29 is 27.4 Å². The topological polar surface area (TPSA) is 44.7 Å². The van der Waals surface area contributed by atoms with Gasteiger partial charge in [-0.25, -0.2) is 0 Å². The molecule has 0 aliphatic carbocycles. The fraction of sp³-hybridized carbons (Fsp3) is 0.647. The number of hydrogen-bond acceptors (Lipinski definition) is 4. The standard InChI is InChI=1S/C17H24F4N2O2.ClH/c1-16(2,11-24)14(23-9-7-22-8-10-23)12-5-3-4-6-13(12)25-17(20,21)15(18)19;/h3-6,14-15,22,24H,7-11H2,1-2H3;1H/t14-;/m1./s1. The van der Waals surface area contributed by atoms with Crippen molar-refractivity contribution in [3.63, 3.8) is 0 Å². The fourth-order valence-electron chi connectivity index (χ4n) is 3.13. The summed E-state index contributed by atoms with van der Waals surface area (Å²) in [6, 6.07) is 5.49. The van der Waals surface area contributed by atoms with E-state index in [1.165, 1.54) is 12.1 Å². The molecule has 1 fully saturated rings. The van der Waals surface area contributed by atoms with E-state index in [1.807, 2.05) is 13.8 Å². The van der Waals surface area contributed by atoms with Crippen molar-refractivity contribution >= 4 is 12.4 Å². The van der Waals surface area contributed by atoms with Gasteiger partial charge < -0.3 is 15.2 Å². The Morgan fingerprint density at radius 1 is 1.19 bits per heavy atom. The smallest absolute Gasteiger partial charge is 0.428 e. The Kier molecular flexibility index (Phi) is 8.13. The highest BCUT2D eigenvalue weighted by atomic mass is 35.5. The molecule has 1 aromatic carbocycles. The number of alkyl halides is 4. The lowest BCUT2D eigenvalue weighted by molar-refractivity contribution is -0.253. The van der Waals surface area contributed by atoms with Crippen molar-refractivity contribution in [2.24, 2.45) is 5.41 Å². The number of rotatable bonds is 7. The highest BCUT2D eigenvalue weighted by molar-refractivity contribution is 5.85. The van der Waals surface area contributed by atoms with Crippen molar-refractivity contribution in [2.75, 3.05) is 32.8 Å². The predicted octanol–water partition coefficient (Wildman–Crippen LogP) is 3.31. The Morgan fingerprint density at radius 3 is 2.31 bits per heavy atom. The molecule has 2 rings (SSSR count). The van der Waals surface area contributed by atoms with Crippen molar-refractivity contribution in [3.8, 4) is 5.75 Å². The van der Waals surface area contributed by atoms with Crippen LogP contribution in [0.5, 0.6) is 5.75 Å². The quantitative estimate of drug-likeness (QED) is 0.689. The third kappa shape index (κ3) is 5.22. The van der Waals surface area contributed by atoms with Gasteiger partial charge in [0.25, 0.3) is 0 Å². The number of nitrogens with zero attached hydrogens (tertiary/aromatic N) is 1. The van der Waals surface area contributed by atoms with E-state index in [-0.39, 0.29) is 24.8 Å². The number of nitrogens with one attached hydrogen (secondary N) is 1. The molecule has 2 N–H and O–H groups in total. The van der Waals surface area contributed by atoms with E-state index >= 15 is 0 Å². The Morgan fingerprint density at radius 2 is 1.77 bits per heavy atom. The van der Waals surface area contributed by atoms with Gasteiger partial charge in [0.1, 0.15) is 5.75 Å². The third-order valence-electron chi connectivity index (χ3n) is 4.38. The Labute approximate surface area is 156 Å². The van der Waals surface area contributed by atoms with Gasteiger partial charge in [0.05, 0.1) is 0 Å². The zero-order valence-corrected chi connectivity index (χ0v) is 15.5. The molecular weight excluding hydrogens is 376 g/mol. The van der Waals surface area contributed by atoms with Crippen LogP contribution in [0, 0.1) is 5.41 Å². The normalized spacial score (nSPS) is 17.7. The van der Waals surface area contributed by atoms with Crippen molar-refractivity contribution in [2.45, 2.75) is 32.4 Å². The Hall–Kier alpha value is -1.09. The molecule has 9 heteroatoms. The number of aliphatic hydroxyl groups is 1. The maximum atomic E-state index is 13.5. The number of para-hydroxylation sites is 1. The number of hydrogen-bond donors (Lipinski definition) is 2. The first-order chi connectivity index (χ1) is 11.7. The molecule has 0 spiro atoms. The Bertz CT molecular complexity index is 569. The number of benzene rings is 1. The second-order valence-electron chi connectivity index (χ2n) is 6.84. The summed E-state index contributed by atoms with van der Waals surface area (Å²) in [6.45, 7) is 6.15. The first-order valence-electron chi connectivity index (χ1n) is 8.18. The van der Waals surface area contributed by atoms with Crippen LogP contribution >= 0.6 is 12.4 Å². The van der Waals surface area contributed by atoms with Crippen LogP contribution in [0.15, 0.2) is 24.3 Å². The van der Waals surface area contributed by atoms with Gasteiger partial charge in [0.15, 0.2) is 0 Å². The van der Waals surface area contributed by atoms with Gasteiger partial charge in [-0.2, -0.15) is 17.6 Å². The van der Waals surface area contributed by atoms with Gasteiger partial charge in [0.2, 0.25) is 0 Å². The van der Waals surface area contributed by atoms with Crippen LogP contribution < -0.4 is 10.1 Å². The summed E-state index contributed by atoms with van der Waals surface area (Å²) in [4.78, 5) is 2.05. The van der Waals surface area contributed by atoms with Crippen LogP contribution in [0.2, 0.25) is 0 Å². The summed E-state index contributed by atoms with van der Waals surface area (Å²) >= 11 is 0. The zero-order chi connectivity index (χ0) is 18.7. The maximum absolute atomic E-state index is 13.5. The van der Waals surface area contributed by atoms with E-state index in [2.05, 4.69) is 15.0 Å². The minimum absolute atomic E-state index is 0. The van der Waals surface area contributed by atoms with Crippen LogP contribution in [0.25, 0.3) is 0 Å². The summed E-state index contributed by atoms with van der Waals surface area (Å²) in [7, 11) is 0. The molecule has 1 aliphatic rings. The lowest BCUT2D eigenvalue weighted by Gasteiger charge is -2.44. The highest BCUT2D eigenvalue weighted by Gasteiger charge is 2.45. The summed E-state index contributed by atoms with van der Waals surface area (Å²) in [5, 5.41) is 13.0. The molecule has 1 atom stereocenters. The minimum Gasteiger partial charge on any atom is -0.428 e. The van der Waals surface area contributed by atoms with Gasteiger partial charge in [-0.1, -0.05) is 32.0 Å². The van der Waals surface area contributed by atoms with E-state index < -0.39 is 24.0 Å². The lowest BCUT2D eigenvalue weighted by Crippen LogP contribution is -2.49. The molecule has 0 amide bonds. The van der Waals surface area contributed by atoms with E-state index in [1.54, 1.807) is 12.1 Å². The monoisotopic (exact) mass is 400 g/mol. The van der Waals surface area contributed by atoms with Crippen molar-refractivity contribution in [1.82, 2.24) is 10.2 Å². The largest absolute Gasteiger partial charge is 0.461 e. The van der Waals surface area contributed by atoms with Crippen LogP contribution in [0.4, 0.5) is 17.6 Å². The molecule has 0 unspecified atom stereocenters. The van der Waals surface area contributed by atoms with Crippen molar-refractivity contribution in [1.29, 1.82) is 0 Å². The predicted molar refractivity (Wildman–Crippen MR) is 93.3 cm³/mol. The van der Waals surface area contributed by atoms with Crippen LogP contribution in [0.1, 0.15) is 25.5 Å². The molecule has 1 saturated heterocycles. The van der Waals surface area contributed by atoms with Crippen LogP contribution in [-0.4, -0.2) is 55.3 Å². The van der Waals surface area contributed by atoms with Crippen LogP contribution in [-0.2, 0) is 0 Å². The van der Waals surface area contributed by atoms with Gasteiger partial charge >= 0.3 is 12.5 Å². The van der Waals surface area contributed by atoms with Crippen molar-refractivity contribution in [3.05, 3.63) is 29.8 Å². The second-order valence-corrected chi connectivity index (χ2v) is 6.84. The van der Waals surface area contributed by atoms with E-state index in [9.17, 15) is 22.7 Å². The maximum Gasteiger partial charge on any atom is 0.461 e. The molecule has 1 heterocycles. The molecule has 150 valence electrons. The first-order valence-corrected chi connectivity index (χ1v) is 8.18. The number of ether oxygens (including phenoxy) is 1. The Balaban J connectivity index is 0.00000338. The lowest BCUT2D eigenvalue weighted by atomic mass is 9.79. The molecule has 0 aromatic heterocycles. The SMILES string of the molecule is CC(C)(CO)[C@@H](c1ccccc1OC(F)(F)C(F)F)N1CCNCC1.Cl. The summed E-state index contributed by atoms with van der Waals surface area (Å²) in [6.07, 6.45) is -8.50. The van der Waals surface area contributed by atoms with Gasteiger partial charge in [-0.15, -0.1) is 12.4 Å². The van der Waals surface area contributed by atoms with Gasteiger partial charge in [-0.3, -0.25) is 4.90 Å². The van der Waals surface area contributed by atoms with E-state index in [4.69, 9.17) is 0 Å². The van der Waals surface area contributed by atoms with Gasteiger partial charge in [0, 0.05) is 49.8 Å². The van der Waals surface area contributed by atoms with E-state index in [0.29, 0.717) is 31.7 Å². The third-order valence-corrected chi connectivity index (χ3v) is 4.38. The number of halogens is 5. The highest BCUT2D eigenvalue weighted by Crippen LogP contribution is 2.43. The average Bonchev–Trinajstić information content (AvgIpc) is 2.57. The second kappa shape index (κ2) is 9.21. The molecular formula is C17H25ClF4N2O2. The first kappa shape index (κ1) is 23.0. The molecule has 0 saturated carbocycles. The minimum atomic E-state index is -4.58. The molecule has 1 aromatic rings. The molecule has 26 heavy (non-hydrogen) atoms. The van der Waals surface area contributed by atoms with Gasteiger partial charge in [-0.05, 0) is 6.07 Å². The van der Waals surface area contributed by atoms with Crippen LogP contribution in [0.3, 0.4) is 0 Å². The summed E-state index contributed by atoms with van der Waals surface area (Å²) in [5.74, 6) is -0.294. The molecule has 0 bridgehead atoms. The zero-order valence-electron chi connectivity index (χ0n) is 14.7.